The van der Waals surface area contributed by atoms with Crippen molar-refractivity contribution in [1.29, 1.82) is 0 Å². The van der Waals surface area contributed by atoms with Crippen LogP contribution < -0.4 is 5.32 Å². The minimum absolute atomic E-state index is 0.241. The van der Waals surface area contributed by atoms with E-state index in [1.165, 1.54) is 24.5 Å². The second kappa shape index (κ2) is 4.78. The molecule has 0 unspecified atom stereocenters. The molecule has 1 N–H and O–H groups in total. The van der Waals surface area contributed by atoms with Gasteiger partial charge in [-0.1, -0.05) is 12.1 Å². The van der Waals surface area contributed by atoms with E-state index in [2.05, 4.69) is 10.4 Å². The van der Waals surface area contributed by atoms with E-state index in [0.29, 0.717) is 11.7 Å². The van der Waals surface area contributed by atoms with Crippen molar-refractivity contribution in [3.8, 4) is 5.69 Å². The lowest BCUT2D eigenvalue weighted by Gasteiger charge is -2.07. The van der Waals surface area contributed by atoms with Gasteiger partial charge in [0.05, 0.1) is 5.69 Å². The van der Waals surface area contributed by atoms with Crippen LogP contribution in [-0.4, -0.2) is 15.8 Å². The molecule has 4 heteroatoms. The number of halogens is 1. The van der Waals surface area contributed by atoms with Crippen molar-refractivity contribution in [2.45, 2.75) is 39.3 Å². The van der Waals surface area contributed by atoms with Crippen molar-refractivity contribution in [2.75, 3.05) is 0 Å². The molecular formula is C15H18FN3. The predicted octanol–water partition coefficient (Wildman–Crippen LogP) is 2.88. The number of para-hydroxylation sites is 1. The molecule has 3 nitrogen and oxygen atoms in total. The van der Waals surface area contributed by atoms with Crippen LogP contribution in [0.4, 0.5) is 4.39 Å². The molecule has 1 aliphatic carbocycles. The van der Waals surface area contributed by atoms with E-state index >= 15 is 0 Å². The number of hydrogen-bond donors (Lipinski definition) is 1. The Morgan fingerprint density at radius 2 is 2.05 bits per heavy atom. The fraction of sp³-hybridized carbons (Fsp3) is 0.400. The molecule has 1 heterocycles. The Bertz CT molecular complexity index is 599. The van der Waals surface area contributed by atoms with Crippen molar-refractivity contribution in [3.05, 3.63) is 47.0 Å². The third-order valence-electron chi connectivity index (χ3n) is 3.67. The van der Waals surface area contributed by atoms with Crippen LogP contribution in [0.5, 0.6) is 0 Å². The topological polar surface area (TPSA) is 29.9 Å². The van der Waals surface area contributed by atoms with Crippen molar-refractivity contribution in [1.82, 2.24) is 15.1 Å². The molecule has 0 bridgehead atoms. The van der Waals surface area contributed by atoms with Gasteiger partial charge in [0.1, 0.15) is 11.5 Å². The van der Waals surface area contributed by atoms with Crippen LogP contribution in [0.15, 0.2) is 24.3 Å². The molecule has 19 heavy (non-hydrogen) atoms. The highest BCUT2D eigenvalue weighted by molar-refractivity contribution is 5.38. The SMILES string of the molecule is Cc1nn(-c2ccccc2F)c(C)c1CNC1CC1. The summed E-state index contributed by atoms with van der Waals surface area (Å²) in [5.41, 5.74) is 3.67. The van der Waals surface area contributed by atoms with E-state index in [1.54, 1.807) is 16.8 Å². The van der Waals surface area contributed by atoms with Crippen LogP contribution in [-0.2, 0) is 6.54 Å². The summed E-state index contributed by atoms with van der Waals surface area (Å²) in [6, 6.07) is 7.41. The van der Waals surface area contributed by atoms with Crippen molar-refractivity contribution < 1.29 is 4.39 Å². The molecule has 0 aliphatic heterocycles. The van der Waals surface area contributed by atoms with E-state index in [1.807, 2.05) is 19.9 Å². The minimum Gasteiger partial charge on any atom is -0.310 e. The van der Waals surface area contributed by atoms with Crippen LogP contribution in [0.25, 0.3) is 5.69 Å². The van der Waals surface area contributed by atoms with Gasteiger partial charge in [0, 0.05) is 23.8 Å². The lowest BCUT2D eigenvalue weighted by molar-refractivity contribution is 0.607. The summed E-state index contributed by atoms with van der Waals surface area (Å²) in [5.74, 6) is -0.241. The quantitative estimate of drug-likeness (QED) is 0.915. The maximum absolute atomic E-state index is 13.8. The Kier molecular flexibility index (Phi) is 3.11. The van der Waals surface area contributed by atoms with E-state index in [9.17, 15) is 4.39 Å². The fourth-order valence-corrected chi connectivity index (χ4v) is 2.32. The maximum Gasteiger partial charge on any atom is 0.148 e. The molecule has 1 aromatic heterocycles. The zero-order chi connectivity index (χ0) is 13.4. The van der Waals surface area contributed by atoms with Gasteiger partial charge in [-0.3, -0.25) is 0 Å². The fourth-order valence-electron chi connectivity index (χ4n) is 2.32. The number of hydrogen-bond acceptors (Lipinski definition) is 2. The monoisotopic (exact) mass is 259 g/mol. The molecule has 1 aliphatic rings. The molecule has 2 aromatic rings. The number of nitrogens with zero attached hydrogens (tertiary/aromatic N) is 2. The zero-order valence-electron chi connectivity index (χ0n) is 11.3. The zero-order valence-corrected chi connectivity index (χ0v) is 11.3. The minimum atomic E-state index is -0.241. The summed E-state index contributed by atoms with van der Waals surface area (Å²) in [6.07, 6.45) is 2.53. The van der Waals surface area contributed by atoms with Crippen LogP contribution in [0, 0.1) is 19.7 Å². The Hall–Kier alpha value is -1.68. The van der Waals surface area contributed by atoms with Crippen molar-refractivity contribution in [3.63, 3.8) is 0 Å². The molecule has 0 amide bonds. The molecule has 0 spiro atoms. The van der Waals surface area contributed by atoms with E-state index in [0.717, 1.165) is 17.9 Å². The summed E-state index contributed by atoms with van der Waals surface area (Å²) in [6.45, 7) is 4.79. The summed E-state index contributed by atoms with van der Waals surface area (Å²) in [7, 11) is 0. The normalized spacial score (nSPS) is 14.9. The largest absolute Gasteiger partial charge is 0.310 e. The molecule has 0 radical (unpaired) electrons. The molecule has 0 atom stereocenters. The standard InChI is InChI=1S/C15H18FN3/c1-10-13(9-17-12-7-8-12)11(2)19(18-10)15-6-4-3-5-14(15)16/h3-6,12,17H,7-9H2,1-2H3. The second-order valence-corrected chi connectivity index (χ2v) is 5.17. The lowest BCUT2D eigenvalue weighted by atomic mass is 10.2. The number of nitrogens with one attached hydrogen (secondary N) is 1. The molecular weight excluding hydrogens is 241 g/mol. The molecule has 0 saturated heterocycles. The molecule has 100 valence electrons. The van der Waals surface area contributed by atoms with Gasteiger partial charge in [-0.2, -0.15) is 5.10 Å². The number of benzene rings is 1. The van der Waals surface area contributed by atoms with Gasteiger partial charge in [0.15, 0.2) is 0 Å². The molecule has 1 saturated carbocycles. The van der Waals surface area contributed by atoms with Crippen LogP contribution >= 0.6 is 0 Å². The van der Waals surface area contributed by atoms with E-state index in [4.69, 9.17) is 0 Å². The highest BCUT2D eigenvalue weighted by Crippen LogP contribution is 2.23. The van der Waals surface area contributed by atoms with E-state index in [-0.39, 0.29) is 5.82 Å². The average molecular weight is 259 g/mol. The lowest BCUT2D eigenvalue weighted by Crippen LogP contribution is -2.16. The highest BCUT2D eigenvalue weighted by Gasteiger charge is 2.22. The summed E-state index contributed by atoms with van der Waals surface area (Å²) >= 11 is 0. The average Bonchev–Trinajstić information content (AvgIpc) is 3.17. The van der Waals surface area contributed by atoms with Gasteiger partial charge in [-0.25, -0.2) is 9.07 Å². The first-order valence-electron chi connectivity index (χ1n) is 6.70. The van der Waals surface area contributed by atoms with E-state index < -0.39 is 0 Å². The third-order valence-corrected chi connectivity index (χ3v) is 3.67. The number of rotatable bonds is 4. The Balaban J connectivity index is 1.94. The first kappa shape index (κ1) is 12.4. The van der Waals surface area contributed by atoms with Crippen LogP contribution in [0.1, 0.15) is 29.8 Å². The Morgan fingerprint density at radius 3 is 2.74 bits per heavy atom. The van der Waals surface area contributed by atoms with Gasteiger partial charge in [-0.15, -0.1) is 0 Å². The summed E-state index contributed by atoms with van der Waals surface area (Å²) in [5, 5.41) is 7.96. The molecule has 1 aromatic carbocycles. The Morgan fingerprint density at radius 1 is 1.32 bits per heavy atom. The van der Waals surface area contributed by atoms with Crippen LogP contribution in [0.2, 0.25) is 0 Å². The highest BCUT2D eigenvalue weighted by atomic mass is 19.1. The molecule has 1 fully saturated rings. The third kappa shape index (κ3) is 2.40. The van der Waals surface area contributed by atoms with Crippen LogP contribution in [0.3, 0.4) is 0 Å². The maximum atomic E-state index is 13.8. The predicted molar refractivity (Wildman–Crippen MR) is 72.9 cm³/mol. The van der Waals surface area contributed by atoms with Crippen molar-refractivity contribution in [2.24, 2.45) is 0 Å². The van der Waals surface area contributed by atoms with Gasteiger partial charge in [-0.05, 0) is 38.8 Å². The summed E-state index contributed by atoms with van der Waals surface area (Å²) in [4.78, 5) is 0. The van der Waals surface area contributed by atoms with Gasteiger partial charge >= 0.3 is 0 Å². The van der Waals surface area contributed by atoms with Gasteiger partial charge < -0.3 is 5.32 Å². The first-order chi connectivity index (χ1) is 9.16. The molecule has 3 rings (SSSR count). The van der Waals surface area contributed by atoms with Gasteiger partial charge in [0.25, 0.3) is 0 Å². The smallest absolute Gasteiger partial charge is 0.148 e. The van der Waals surface area contributed by atoms with Crippen molar-refractivity contribution >= 4 is 0 Å². The summed E-state index contributed by atoms with van der Waals surface area (Å²) < 4.78 is 15.5. The number of aryl methyl sites for hydroxylation is 1. The second-order valence-electron chi connectivity index (χ2n) is 5.17. The first-order valence-corrected chi connectivity index (χ1v) is 6.70. The number of aromatic nitrogens is 2. The van der Waals surface area contributed by atoms with Gasteiger partial charge in [0.2, 0.25) is 0 Å². The Labute approximate surface area is 112 Å².